The molecule has 0 aromatic heterocycles. The van der Waals surface area contributed by atoms with E-state index in [0.29, 0.717) is 24.4 Å². The van der Waals surface area contributed by atoms with Gasteiger partial charge in [-0.1, -0.05) is 12.1 Å². The fourth-order valence-corrected chi connectivity index (χ4v) is 2.37. The van der Waals surface area contributed by atoms with Gasteiger partial charge in [0.05, 0.1) is 11.4 Å². The molecule has 2 rings (SSSR count). The van der Waals surface area contributed by atoms with Crippen LogP contribution in [-0.2, 0) is 14.3 Å². The highest BCUT2D eigenvalue weighted by molar-refractivity contribution is 6.04. The molecule has 1 amide bonds. The Labute approximate surface area is 117 Å². The molecule has 1 atom stereocenters. The number of carbonyl (C=O) groups is 2. The number of carboxylic acid groups (broad SMARTS) is 1. The number of hydrogen-bond acceptors (Lipinski definition) is 4. The Morgan fingerprint density at radius 3 is 2.70 bits per heavy atom. The number of ether oxygens (including phenoxy) is 1. The van der Waals surface area contributed by atoms with Gasteiger partial charge in [-0.2, -0.15) is 0 Å². The molecule has 3 N–H and O–H groups in total. The van der Waals surface area contributed by atoms with E-state index in [0.717, 1.165) is 6.42 Å². The Bertz CT molecular complexity index is 524. The van der Waals surface area contributed by atoms with Gasteiger partial charge in [-0.05, 0) is 31.9 Å². The zero-order valence-corrected chi connectivity index (χ0v) is 11.3. The molecule has 1 unspecified atom stereocenters. The van der Waals surface area contributed by atoms with Gasteiger partial charge in [0.15, 0.2) is 0 Å². The molecule has 6 nitrogen and oxygen atoms in total. The van der Waals surface area contributed by atoms with Crippen molar-refractivity contribution in [3.05, 3.63) is 24.3 Å². The molecular formula is C14H18N2O4. The number of benzene rings is 1. The second kappa shape index (κ2) is 5.50. The number of carboxylic acids is 1. The molecule has 1 saturated heterocycles. The Morgan fingerprint density at radius 2 is 2.15 bits per heavy atom. The summed E-state index contributed by atoms with van der Waals surface area (Å²) in [4.78, 5) is 24.9. The van der Waals surface area contributed by atoms with E-state index >= 15 is 0 Å². The number of anilines is 2. The Balaban J connectivity index is 2.35. The Kier molecular flexibility index (Phi) is 3.94. The lowest BCUT2D eigenvalue weighted by atomic mass is 10.0. The van der Waals surface area contributed by atoms with Crippen LogP contribution in [0.1, 0.15) is 19.8 Å². The number of nitrogen functional groups attached to an aromatic ring is 1. The lowest BCUT2D eigenvalue weighted by Gasteiger charge is -2.30. The summed E-state index contributed by atoms with van der Waals surface area (Å²) >= 11 is 0. The number of aliphatic carboxylic acids is 1. The first-order valence-electron chi connectivity index (χ1n) is 6.46. The van der Waals surface area contributed by atoms with Crippen LogP contribution in [0.25, 0.3) is 0 Å². The van der Waals surface area contributed by atoms with Gasteiger partial charge in [0.25, 0.3) is 5.91 Å². The van der Waals surface area contributed by atoms with Gasteiger partial charge in [0, 0.05) is 6.61 Å². The van der Waals surface area contributed by atoms with E-state index in [1.165, 1.54) is 4.90 Å². The van der Waals surface area contributed by atoms with Crippen molar-refractivity contribution in [2.24, 2.45) is 0 Å². The summed E-state index contributed by atoms with van der Waals surface area (Å²) in [6.45, 7) is 1.76. The summed E-state index contributed by atoms with van der Waals surface area (Å²) in [5.41, 5.74) is 5.64. The summed E-state index contributed by atoms with van der Waals surface area (Å²) in [6.07, 6.45) is 1.36. The van der Waals surface area contributed by atoms with Gasteiger partial charge in [-0.3, -0.25) is 14.5 Å². The van der Waals surface area contributed by atoms with Crippen molar-refractivity contribution in [2.45, 2.75) is 25.4 Å². The SMILES string of the molecule is CC1(C(=O)N(CC(=O)O)c2ccccc2N)CCCO1. The molecule has 0 bridgehead atoms. The van der Waals surface area contributed by atoms with Crippen LogP contribution < -0.4 is 10.6 Å². The first-order chi connectivity index (χ1) is 9.44. The third-order valence-electron chi connectivity index (χ3n) is 3.44. The van der Waals surface area contributed by atoms with Gasteiger partial charge in [-0.15, -0.1) is 0 Å². The van der Waals surface area contributed by atoms with Crippen molar-refractivity contribution in [3.8, 4) is 0 Å². The van der Waals surface area contributed by atoms with Crippen LogP contribution in [0.3, 0.4) is 0 Å². The highest BCUT2D eigenvalue weighted by Crippen LogP contribution is 2.31. The molecular weight excluding hydrogens is 260 g/mol. The summed E-state index contributed by atoms with van der Waals surface area (Å²) in [7, 11) is 0. The standard InChI is InChI=1S/C14H18N2O4/c1-14(7-4-8-20-14)13(19)16(9-12(17)18)11-6-3-2-5-10(11)15/h2-3,5-6H,4,7-9,15H2,1H3,(H,17,18). The topological polar surface area (TPSA) is 92.9 Å². The molecule has 0 aliphatic carbocycles. The van der Waals surface area contributed by atoms with E-state index in [9.17, 15) is 9.59 Å². The summed E-state index contributed by atoms with van der Waals surface area (Å²) < 4.78 is 5.50. The summed E-state index contributed by atoms with van der Waals surface area (Å²) in [5.74, 6) is -1.46. The number of amides is 1. The molecule has 20 heavy (non-hydrogen) atoms. The molecule has 0 saturated carbocycles. The lowest BCUT2D eigenvalue weighted by Crippen LogP contribution is -2.49. The Hall–Kier alpha value is -2.08. The van der Waals surface area contributed by atoms with Crippen LogP contribution >= 0.6 is 0 Å². The first-order valence-corrected chi connectivity index (χ1v) is 6.46. The number of para-hydroxylation sites is 2. The van der Waals surface area contributed by atoms with Crippen molar-refractivity contribution >= 4 is 23.3 Å². The van der Waals surface area contributed by atoms with Crippen molar-refractivity contribution in [2.75, 3.05) is 23.8 Å². The summed E-state index contributed by atoms with van der Waals surface area (Å²) in [5, 5.41) is 9.04. The number of rotatable bonds is 4. The van der Waals surface area contributed by atoms with Gasteiger partial charge >= 0.3 is 5.97 Å². The third kappa shape index (κ3) is 2.75. The molecule has 1 aromatic carbocycles. The highest BCUT2D eigenvalue weighted by Gasteiger charge is 2.42. The molecule has 1 aliphatic rings. The normalized spacial score (nSPS) is 21.6. The predicted octanol–water partition coefficient (Wildman–Crippen LogP) is 1.26. The fraction of sp³-hybridized carbons (Fsp3) is 0.429. The van der Waals surface area contributed by atoms with Crippen molar-refractivity contribution in [1.82, 2.24) is 0 Å². The van der Waals surface area contributed by atoms with Crippen molar-refractivity contribution in [3.63, 3.8) is 0 Å². The highest BCUT2D eigenvalue weighted by atomic mass is 16.5. The molecule has 6 heteroatoms. The van der Waals surface area contributed by atoms with E-state index in [1.807, 2.05) is 0 Å². The van der Waals surface area contributed by atoms with E-state index in [1.54, 1.807) is 31.2 Å². The maximum absolute atomic E-state index is 12.6. The first kappa shape index (κ1) is 14.3. The van der Waals surface area contributed by atoms with Crippen LogP contribution in [0.4, 0.5) is 11.4 Å². The predicted molar refractivity (Wildman–Crippen MR) is 74.4 cm³/mol. The van der Waals surface area contributed by atoms with Crippen LogP contribution in [0.15, 0.2) is 24.3 Å². The van der Waals surface area contributed by atoms with E-state index < -0.39 is 18.1 Å². The van der Waals surface area contributed by atoms with E-state index in [4.69, 9.17) is 15.6 Å². The fourth-order valence-electron chi connectivity index (χ4n) is 2.37. The molecule has 108 valence electrons. The van der Waals surface area contributed by atoms with E-state index in [2.05, 4.69) is 0 Å². The van der Waals surface area contributed by atoms with Crippen LogP contribution in [0, 0.1) is 0 Å². The second-order valence-corrected chi connectivity index (χ2v) is 5.03. The molecule has 0 radical (unpaired) electrons. The minimum Gasteiger partial charge on any atom is -0.480 e. The number of nitrogens with two attached hydrogens (primary N) is 1. The lowest BCUT2D eigenvalue weighted by molar-refractivity contribution is -0.141. The maximum atomic E-state index is 12.6. The van der Waals surface area contributed by atoms with Crippen molar-refractivity contribution < 1.29 is 19.4 Å². The molecule has 1 aliphatic heterocycles. The quantitative estimate of drug-likeness (QED) is 0.809. The maximum Gasteiger partial charge on any atom is 0.323 e. The van der Waals surface area contributed by atoms with Gasteiger partial charge in [0.1, 0.15) is 12.1 Å². The number of hydrogen-bond donors (Lipinski definition) is 2. The monoisotopic (exact) mass is 278 g/mol. The molecule has 1 fully saturated rings. The second-order valence-electron chi connectivity index (χ2n) is 5.03. The van der Waals surface area contributed by atoms with Crippen LogP contribution in [0.2, 0.25) is 0 Å². The molecule has 1 aromatic rings. The molecule has 0 spiro atoms. The van der Waals surface area contributed by atoms with E-state index in [-0.39, 0.29) is 5.91 Å². The smallest absolute Gasteiger partial charge is 0.323 e. The largest absolute Gasteiger partial charge is 0.480 e. The minimum atomic E-state index is -1.09. The van der Waals surface area contributed by atoms with Crippen molar-refractivity contribution in [1.29, 1.82) is 0 Å². The van der Waals surface area contributed by atoms with Gasteiger partial charge in [-0.25, -0.2) is 0 Å². The average Bonchev–Trinajstić information content (AvgIpc) is 2.84. The summed E-state index contributed by atoms with van der Waals surface area (Å²) in [6, 6.07) is 6.71. The number of carbonyl (C=O) groups excluding carboxylic acids is 1. The van der Waals surface area contributed by atoms with Gasteiger partial charge < -0.3 is 15.6 Å². The zero-order chi connectivity index (χ0) is 14.8. The Morgan fingerprint density at radius 1 is 1.45 bits per heavy atom. The zero-order valence-electron chi connectivity index (χ0n) is 11.3. The number of nitrogens with zero attached hydrogens (tertiary/aromatic N) is 1. The van der Waals surface area contributed by atoms with Crippen LogP contribution in [0.5, 0.6) is 0 Å². The average molecular weight is 278 g/mol. The van der Waals surface area contributed by atoms with Crippen LogP contribution in [-0.4, -0.2) is 35.7 Å². The molecule has 1 heterocycles. The van der Waals surface area contributed by atoms with Gasteiger partial charge in [0.2, 0.25) is 0 Å². The third-order valence-corrected chi connectivity index (χ3v) is 3.44. The minimum absolute atomic E-state index is 0.365.